The Morgan fingerprint density at radius 3 is 2.32 bits per heavy atom. The molecule has 0 aliphatic rings. The van der Waals surface area contributed by atoms with E-state index in [2.05, 4.69) is 30.9 Å². The molecule has 0 aromatic heterocycles. The van der Waals surface area contributed by atoms with Crippen molar-refractivity contribution >= 4 is 5.97 Å². The van der Waals surface area contributed by atoms with Gasteiger partial charge < -0.3 is 20.3 Å². The summed E-state index contributed by atoms with van der Waals surface area (Å²) in [5.41, 5.74) is 5.12. The number of nitrogens with two attached hydrogens (primary N) is 1. The lowest BCUT2D eigenvalue weighted by atomic mass is 9.96. The summed E-state index contributed by atoms with van der Waals surface area (Å²) in [6.07, 6.45) is 2.67. The van der Waals surface area contributed by atoms with Crippen molar-refractivity contribution in [2.75, 3.05) is 47.4 Å². The van der Waals surface area contributed by atoms with Crippen molar-refractivity contribution in [1.29, 1.82) is 0 Å². The molecule has 0 radical (unpaired) electrons. The topological polar surface area (TPSA) is 58.8 Å². The highest BCUT2D eigenvalue weighted by atomic mass is 16.5. The third-order valence-corrected chi connectivity index (χ3v) is 3.16. The van der Waals surface area contributed by atoms with Crippen LogP contribution in [-0.4, -0.2) is 68.7 Å². The van der Waals surface area contributed by atoms with Crippen LogP contribution in [0.1, 0.15) is 33.1 Å². The van der Waals surface area contributed by atoms with Crippen molar-refractivity contribution in [3.05, 3.63) is 0 Å². The van der Waals surface area contributed by atoms with E-state index in [4.69, 9.17) is 10.5 Å². The van der Waals surface area contributed by atoms with E-state index in [1.54, 1.807) is 13.8 Å². The molecule has 0 fully saturated rings. The van der Waals surface area contributed by atoms with Gasteiger partial charge in [0.15, 0.2) is 0 Å². The summed E-state index contributed by atoms with van der Waals surface area (Å²) in [6.45, 7) is 7.10. The predicted molar refractivity (Wildman–Crippen MR) is 79.1 cm³/mol. The van der Waals surface area contributed by atoms with Gasteiger partial charge in [-0.2, -0.15) is 0 Å². The molecule has 0 aromatic carbocycles. The van der Waals surface area contributed by atoms with Gasteiger partial charge in [0.25, 0.3) is 0 Å². The fourth-order valence-electron chi connectivity index (χ4n) is 1.75. The van der Waals surface area contributed by atoms with E-state index < -0.39 is 5.54 Å². The van der Waals surface area contributed by atoms with Gasteiger partial charge in [0, 0.05) is 13.1 Å². The number of esters is 1. The standard InChI is InChI=1S/C14H31N3O2/c1-6-19-13(18)14(2,15)9-7-8-10-17(5)12-11-16(3)4/h6-12,15H2,1-5H3. The summed E-state index contributed by atoms with van der Waals surface area (Å²) in [5, 5.41) is 0. The molecule has 0 spiro atoms. The quantitative estimate of drug-likeness (QED) is 0.474. The molecular formula is C14H31N3O2. The number of ether oxygens (including phenoxy) is 1. The smallest absolute Gasteiger partial charge is 0.325 e. The molecule has 1 unspecified atom stereocenters. The lowest BCUT2D eigenvalue weighted by Gasteiger charge is -2.23. The molecule has 0 aliphatic carbocycles. The Hall–Kier alpha value is -0.650. The van der Waals surface area contributed by atoms with Crippen LogP contribution >= 0.6 is 0 Å². The van der Waals surface area contributed by atoms with Gasteiger partial charge in [-0.1, -0.05) is 0 Å². The second kappa shape index (κ2) is 9.28. The summed E-state index contributed by atoms with van der Waals surface area (Å²) in [6, 6.07) is 0. The molecule has 0 heterocycles. The van der Waals surface area contributed by atoms with Crippen LogP contribution < -0.4 is 5.73 Å². The van der Waals surface area contributed by atoms with Crippen molar-refractivity contribution in [3.63, 3.8) is 0 Å². The zero-order valence-electron chi connectivity index (χ0n) is 13.2. The number of hydrogen-bond donors (Lipinski definition) is 1. The highest BCUT2D eigenvalue weighted by molar-refractivity contribution is 5.79. The number of rotatable bonds is 10. The summed E-state index contributed by atoms with van der Waals surface area (Å²) < 4.78 is 4.97. The van der Waals surface area contributed by atoms with E-state index in [0.717, 1.165) is 32.5 Å². The van der Waals surface area contributed by atoms with E-state index in [1.165, 1.54) is 0 Å². The Morgan fingerprint density at radius 2 is 1.79 bits per heavy atom. The number of likely N-dealkylation sites (N-methyl/N-ethyl adjacent to an activating group) is 2. The molecule has 114 valence electrons. The van der Waals surface area contributed by atoms with Crippen molar-refractivity contribution < 1.29 is 9.53 Å². The van der Waals surface area contributed by atoms with Crippen molar-refractivity contribution in [2.24, 2.45) is 5.73 Å². The van der Waals surface area contributed by atoms with Gasteiger partial charge in [0.2, 0.25) is 0 Å². The van der Waals surface area contributed by atoms with Gasteiger partial charge in [0.05, 0.1) is 6.61 Å². The van der Waals surface area contributed by atoms with Crippen LogP contribution in [0, 0.1) is 0 Å². The first kappa shape index (κ1) is 18.4. The van der Waals surface area contributed by atoms with Crippen LogP contribution in [0.5, 0.6) is 0 Å². The highest BCUT2D eigenvalue weighted by Crippen LogP contribution is 2.13. The first-order valence-electron chi connectivity index (χ1n) is 7.09. The van der Waals surface area contributed by atoms with Gasteiger partial charge in [-0.15, -0.1) is 0 Å². The molecule has 1 atom stereocenters. The zero-order chi connectivity index (χ0) is 14.9. The molecule has 0 amide bonds. The van der Waals surface area contributed by atoms with Crippen LogP contribution in [0.3, 0.4) is 0 Å². The molecule has 19 heavy (non-hydrogen) atoms. The molecule has 0 aromatic rings. The first-order chi connectivity index (χ1) is 8.79. The molecular weight excluding hydrogens is 242 g/mol. The van der Waals surface area contributed by atoms with Gasteiger partial charge in [-0.05, 0) is 60.8 Å². The maximum atomic E-state index is 11.6. The molecule has 5 nitrogen and oxygen atoms in total. The normalized spacial score (nSPS) is 14.7. The number of carbonyl (C=O) groups is 1. The molecule has 0 rings (SSSR count). The SMILES string of the molecule is CCOC(=O)C(C)(N)CCCCN(C)CCN(C)C. The average Bonchev–Trinajstić information content (AvgIpc) is 2.32. The summed E-state index contributed by atoms with van der Waals surface area (Å²) >= 11 is 0. The maximum absolute atomic E-state index is 11.6. The van der Waals surface area contributed by atoms with Gasteiger partial charge in [-0.25, -0.2) is 0 Å². The van der Waals surface area contributed by atoms with Crippen LogP contribution in [-0.2, 0) is 9.53 Å². The summed E-state index contributed by atoms with van der Waals surface area (Å²) in [7, 11) is 6.27. The number of hydrogen-bond acceptors (Lipinski definition) is 5. The Kier molecular flexibility index (Phi) is 8.97. The van der Waals surface area contributed by atoms with Crippen LogP contribution in [0.4, 0.5) is 0 Å². The third kappa shape index (κ3) is 8.97. The minimum Gasteiger partial charge on any atom is -0.465 e. The molecule has 0 aliphatic heterocycles. The van der Waals surface area contributed by atoms with E-state index in [9.17, 15) is 4.79 Å². The molecule has 0 bridgehead atoms. The lowest BCUT2D eigenvalue weighted by molar-refractivity contribution is -0.149. The number of unbranched alkanes of at least 4 members (excludes halogenated alkanes) is 1. The van der Waals surface area contributed by atoms with E-state index in [-0.39, 0.29) is 5.97 Å². The Balaban J connectivity index is 3.75. The number of nitrogens with zero attached hydrogens (tertiary/aromatic N) is 2. The first-order valence-corrected chi connectivity index (χ1v) is 7.09. The minimum atomic E-state index is -0.849. The van der Waals surface area contributed by atoms with Crippen molar-refractivity contribution in [1.82, 2.24) is 9.80 Å². The van der Waals surface area contributed by atoms with E-state index in [0.29, 0.717) is 13.0 Å². The molecule has 5 heteroatoms. The zero-order valence-corrected chi connectivity index (χ0v) is 13.2. The maximum Gasteiger partial charge on any atom is 0.325 e. The molecule has 2 N–H and O–H groups in total. The Labute approximate surface area is 118 Å². The van der Waals surface area contributed by atoms with Crippen LogP contribution in [0.15, 0.2) is 0 Å². The summed E-state index contributed by atoms with van der Waals surface area (Å²) in [4.78, 5) is 16.1. The molecule has 0 saturated heterocycles. The van der Waals surface area contributed by atoms with E-state index >= 15 is 0 Å². The van der Waals surface area contributed by atoms with Crippen LogP contribution in [0.25, 0.3) is 0 Å². The monoisotopic (exact) mass is 273 g/mol. The average molecular weight is 273 g/mol. The summed E-state index contributed by atoms with van der Waals surface area (Å²) in [5.74, 6) is -0.295. The fourth-order valence-corrected chi connectivity index (χ4v) is 1.75. The van der Waals surface area contributed by atoms with Gasteiger partial charge in [-0.3, -0.25) is 4.79 Å². The Bertz CT molecular complexity index is 255. The second-order valence-corrected chi connectivity index (χ2v) is 5.70. The Morgan fingerprint density at radius 1 is 1.16 bits per heavy atom. The van der Waals surface area contributed by atoms with Crippen molar-refractivity contribution in [3.8, 4) is 0 Å². The van der Waals surface area contributed by atoms with Gasteiger partial charge >= 0.3 is 5.97 Å². The van der Waals surface area contributed by atoms with Crippen LogP contribution in [0.2, 0.25) is 0 Å². The predicted octanol–water partition coefficient (Wildman–Crippen LogP) is 0.931. The lowest BCUT2D eigenvalue weighted by Crippen LogP contribution is -2.46. The number of carbonyl (C=O) groups excluding carboxylic acids is 1. The van der Waals surface area contributed by atoms with E-state index in [1.807, 2.05) is 0 Å². The van der Waals surface area contributed by atoms with Gasteiger partial charge in [0.1, 0.15) is 5.54 Å². The second-order valence-electron chi connectivity index (χ2n) is 5.70. The molecule has 0 saturated carbocycles. The van der Waals surface area contributed by atoms with Crippen molar-refractivity contribution in [2.45, 2.75) is 38.6 Å². The highest BCUT2D eigenvalue weighted by Gasteiger charge is 2.28. The third-order valence-electron chi connectivity index (χ3n) is 3.16. The minimum absolute atomic E-state index is 0.295. The largest absolute Gasteiger partial charge is 0.465 e. The fraction of sp³-hybridized carbons (Fsp3) is 0.929.